The highest BCUT2D eigenvalue weighted by atomic mass is 16.7. The Hall–Kier alpha value is -0.690. The Kier molecular flexibility index (Phi) is 7.26. The maximum atomic E-state index is 12.6. The second-order valence-electron chi connectivity index (χ2n) is 9.70. The molecule has 2 saturated heterocycles. The van der Waals surface area contributed by atoms with E-state index in [9.17, 15) is 4.79 Å². The maximum Gasteiger partial charge on any atom is 0.251 e. The number of hydroxylamine groups is 1. The molecule has 1 amide bonds. The average Bonchev–Trinajstić information content (AvgIpc) is 2.74. The van der Waals surface area contributed by atoms with Gasteiger partial charge in [-0.1, -0.05) is 13.3 Å². The highest BCUT2D eigenvalue weighted by Gasteiger charge is 2.39. The van der Waals surface area contributed by atoms with Crippen LogP contribution in [-0.2, 0) is 14.4 Å². The van der Waals surface area contributed by atoms with Crippen LogP contribution in [0.15, 0.2) is 0 Å². The Bertz CT molecular complexity index is 503. The Morgan fingerprint density at radius 3 is 2.61 bits per heavy atom. The van der Waals surface area contributed by atoms with Crippen molar-refractivity contribution in [1.82, 2.24) is 15.7 Å². The van der Waals surface area contributed by atoms with Crippen molar-refractivity contribution in [2.75, 3.05) is 39.4 Å². The van der Waals surface area contributed by atoms with E-state index in [0.29, 0.717) is 23.8 Å². The van der Waals surface area contributed by atoms with Gasteiger partial charge in [-0.15, -0.1) is 0 Å². The van der Waals surface area contributed by atoms with Gasteiger partial charge in [0.2, 0.25) is 0 Å². The van der Waals surface area contributed by atoms with E-state index in [2.05, 4.69) is 22.6 Å². The van der Waals surface area contributed by atoms with Crippen molar-refractivity contribution in [2.45, 2.75) is 70.4 Å². The molecule has 160 valence electrons. The summed E-state index contributed by atoms with van der Waals surface area (Å²) in [7, 11) is 0. The predicted molar refractivity (Wildman–Crippen MR) is 109 cm³/mol. The molecule has 4 rings (SSSR count). The highest BCUT2D eigenvalue weighted by molar-refractivity contribution is 5.80. The summed E-state index contributed by atoms with van der Waals surface area (Å²) in [6.07, 6.45) is 9.39. The summed E-state index contributed by atoms with van der Waals surface area (Å²) in [6, 6.07) is 0.430. The summed E-state index contributed by atoms with van der Waals surface area (Å²) in [6.45, 7) is 8.29. The van der Waals surface area contributed by atoms with Gasteiger partial charge in [-0.25, -0.2) is 0 Å². The molecular weight excluding hydrogens is 354 g/mol. The van der Waals surface area contributed by atoms with Crippen LogP contribution in [0.3, 0.4) is 0 Å². The van der Waals surface area contributed by atoms with Crippen LogP contribution in [0.4, 0.5) is 0 Å². The smallest absolute Gasteiger partial charge is 0.251 e. The molecule has 4 atom stereocenters. The molecular formula is C22H39N3O3. The Morgan fingerprint density at radius 1 is 1.07 bits per heavy atom. The van der Waals surface area contributed by atoms with E-state index < -0.39 is 0 Å². The van der Waals surface area contributed by atoms with E-state index in [1.807, 2.05) is 0 Å². The fourth-order valence-corrected chi connectivity index (χ4v) is 5.77. The maximum absolute atomic E-state index is 12.6. The summed E-state index contributed by atoms with van der Waals surface area (Å²) < 4.78 is 5.45. The standard InChI is InChI=1S/C22H39N3O3/c1-16-3-2-4-19-13-20(28-24-21(16)19)22(26)23-14-17-5-7-18(8-6-17)15-25-9-11-27-12-10-25/h16-21,24H,2-15H2,1H3,(H,23,26). The van der Waals surface area contributed by atoms with Crippen LogP contribution in [0.5, 0.6) is 0 Å². The van der Waals surface area contributed by atoms with Gasteiger partial charge >= 0.3 is 0 Å². The van der Waals surface area contributed by atoms with E-state index in [1.54, 1.807) is 0 Å². The number of amides is 1. The Balaban J connectivity index is 1.14. The highest BCUT2D eigenvalue weighted by Crippen LogP contribution is 2.35. The van der Waals surface area contributed by atoms with Crippen LogP contribution in [-0.4, -0.2) is 62.3 Å². The third-order valence-corrected chi connectivity index (χ3v) is 7.66. The van der Waals surface area contributed by atoms with Crippen molar-refractivity contribution in [3.8, 4) is 0 Å². The van der Waals surface area contributed by atoms with Gasteiger partial charge < -0.3 is 10.1 Å². The van der Waals surface area contributed by atoms with Gasteiger partial charge in [0, 0.05) is 32.2 Å². The molecule has 2 N–H and O–H groups in total. The van der Waals surface area contributed by atoms with Crippen LogP contribution >= 0.6 is 0 Å². The molecule has 28 heavy (non-hydrogen) atoms. The SMILES string of the molecule is CC1CCCC2CC(C(=O)NCC3CCC(CN4CCOCC4)CC3)ONC12. The number of nitrogens with one attached hydrogen (secondary N) is 2. The molecule has 0 aromatic carbocycles. The summed E-state index contributed by atoms with van der Waals surface area (Å²) in [5.41, 5.74) is 3.21. The zero-order valence-electron chi connectivity index (χ0n) is 17.5. The molecule has 0 aromatic rings. The number of ether oxygens (including phenoxy) is 1. The van der Waals surface area contributed by atoms with Gasteiger partial charge in [0.25, 0.3) is 5.91 Å². The molecule has 4 fully saturated rings. The molecule has 0 radical (unpaired) electrons. The second-order valence-corrected chi connectivity index (χ2v) is 9.70. The number of rotatable bonds is 5. The Labute approximate surface area is 170 Å². The minimum Gasteiger partial charge on any atom is -0.379 e. The quantitative estimate of drug-likeness (QED) is 0.751. The monoisotopic (exact) mass is 393 g/mol. The van der Waals surface area contributed by atoms with Crippen molar-refractivity contribution >= 4 is 5.91 Å². The molecule has 0 spiro atoms. The molecule has 4 unspecified atom stereocenters. The number of hydrogen-bond acceptors (Lipinski definition) is 5. The van der Waals surface area contributed by atoms with Crippen molar-refractivity contribution < 1.29 is 14.4 Å². The largest absolute Gasteiger partial charge is 0.379 e. The van der Waals surface area contributed by atoms with Gasteiger partial charge in [0.05, 0.1) is 13.2 Å². The molecule has 4 aliphatic rings. The van der Waals surface area contributed by atoms with Gasteiger partial charge in [0.1, 0.15) is 0 Å². The number of fused-ring (bicyclic) bond motifs is 1. The summed E-state index contributed by atoms with van der Waals surface area (Å²) in [5, 5.41) is 3.19. The number of morpholine rings is 1. The van der Waals surface area contributed by atoms with Gasteiger partial charge in [-0.05, 0) is 68.6 Å². The van der Waals surface area contributed by atoms with E-state index in [4.69, 9.17) is 9.57 Å². The van der Waals surface area contributed by atoms with Crippen molar-refractivity contribution in [2.24, 2.45) is 23.7 Å². The first kappa shape index (κ1) is 20.6. The lowest BCUT2D eigenvalue weighted by molar-refractivity contribution is -0.158. The molecule has 2 aliphatic carbocycles. The van der Waals surface area contributed by atoms with Crippen LogP contribution < -0.4 is 10.8 Å². The van der Waals surface area contributed by atoms with Crippen LogP contribution in [0.1, 0.15) is 58.3 Å². The molecule has 2 aliphatic heterocycles. The molecule has 6 nitrogen and oxygen atoms in total. The zero-order chi connectivity index (χ0) is 19.3. The lowest BCUT2D eigenvalue weighted by Gasteiger charge is -2.42. The molecule has 2 saturated carbocycles. The Morgan fingerprint density at radius 2 is 1.82 bits per heavy atom. The minimum absolute atomic E-state index is 0.0830. The first-order valence-corrected chi connectivity index (χ1v) is 11.7. The third kappa shape index (κ3) is 5.26. The average molecular weight is 394 g/mol. The molecule has 6 heteroatoms. The predicted octanol–water partition coefficient (Wildman–Crippen LogP) is 2.34. The van der Waals surface area contributed by atoms with E-state index >= 15 is 0 Å². The topological polar surface area (TPSA) is 62.8 Å². The van der Waals surface area contributed by atoms with Gasteiger partial charge in [-0.2, -0.15) is 5.48 Å². The molecule has 0 bridgehead atoms. The van der Waals surface area contributed by atoms with E-state index in [1.165, 1.54) is 51.5 Å². The zero-order valence-corrected chi connectivity index (χ0v) is 17.5. The van der Waals surface area contributed by atoms with E-state index in [0.717, 1.165) is 45.2 Å². The molecule has 2 heterocycles. The van der Waals surface area contributed by atoms with Gasteiger partial charge in [0.15, 0.2) is 6.10 Å². The summed E-state index contributed by atoms with van der Waals surface area (Å²) >= 11 is 0. The second kappa shape index (κ2) is 9.88. The minimum atomic E-state index is -0.316. The first-order valence-electron chi connectivity index (χ1n) is 11.7. The lowest BCUT2D eigenvalue weighted by atomic mass is 9.75. The van der Waals surface area contributed by atoms with Crippen LogP contribution in [0.2, 0.25) is 0 Å². The van der Waals surface area contributed by atoms with Crippen molar-refractivity contribution in [3.05, 3.63) is 0 Å². The van der Waals surface area contributed by atoms with Crippen LogP contribution in [0, 0.1) is 23.7 Å². The number of hydrogen-bond donors (Lipinski definition) is 2. The summed E-state index contributed by atoms with van der Waals surface area (Å²) in [4.78, 5) is 20.9. The lowest BCUT2D eigenvalue weighted by Crippen LogP contribution is -2.55. The summed E-state index contributed by atoms with van der Waals surface area (Å²) in [5.74, 6) is 2.77. The first-order chi connectivity index (χ1) is 13.7. The van der Waals surface area contributed by atoms with Crippen LogP contribution in [0.25, 0.3) is 0 Å². The number of carbonyl (C=O) groups excluding carboxylic acids is 1. The fraction of sp³-hybridized carbons (Fsp3) is 0.955. The van der Waals surface area contributed by atoms with Crippen molar-refractivity contribution in [3.63, 3.8) is 0 Å². The number of carbonyl (C=O) groups is 1. The number of nitrogens with zero attached hydrogens (tertiary/aromatic N) is 1. The fourth-order valence-electron chi connectivity index (χ4n) is 5.77. The van der Waals surface area contributed by atoms with Gasteiger partial charge in [-0.3, -0.25) is 14.5 Å². The third-order valence-electron chi connectivity index (χ3n) is 7.66. The van der Waals surface area contributed by atoms with Crippen molar-refractivity contribution in [1.29, 1.82) is 0 Å². The van der Waals surface area contributed by atoms with E-state index in [-0.39, 0.29) is 12.0 Å². The molecule has 0 aromatic heterocycles. The normalized spacial score (nSPS) is 39.9.